The Morgan fingerprint density at radius 3 is 2.27 bits per heavy atom. The van der Waals surface area contributed by atoms with Crippen LogP contribution in [0.25, 0.3) is 21.7 Å². The molecule has 0 spiro atoms. The Labute approximate surface area is 130 Å². The molecule has 0 atom stereocenters. The summed E-state index contributed by atoms with van der Waals surface area (Å²) in [5.41, 5.74) is 1.33. The van der Waals surface area contributed by atoms with Gasteiger partial charge in [-0.3, -0.25) is 0 Å². The van der Waals surface area contributed by atoms with Gasteiger partial charge in [-0.1, -0.05) is 24.3 Å². The van der Waals surface area contributed by atoms with E-state index in [1.807, 2.05) is 12.1 Å². The summed E-state index contributed by atoms with van der Waals surface area (Å²) in [5.74, 6) is 0. The summed E-state index contributed by atoms with van der Waals surface area (Å²) in [6.07, 6.45) is 1.73. The summed E-state index contributed by atoms with van der Waals surface area (Å²) in [6, 6.07) is 12.4. The van der Waals surface area contributed by atoms with Gasteiger partial charge < -0.3 is 13.7 Å². The van der Waals surface area contributed by atoms with Gasteiger partial charge in [0, 0.05) is 5.39 Å². The van der Waals surface area contributed by atoms with E-state index in [9.17, 15) is 0 Å². The molecular formula is C18H19BO3. The highest BCUT2D eigenvalue weighted by Crippen LogP contribution is 2.36. The molecule has 0 amide bonds. The molecule has 0 N–H and O–H groups in total. The SMILES string of the molecule is CC1(C)OB(c2ccc3c(ccc4occc43)c2)OC1(C)C. The fourth-order valence-corrected chi connectivity index (χ4v) is 2.93. The molecule has 4 heteroatoms. The Balaban J connectivity index is 1.79. The van der Waals surface area contributed by atoms with Crippen LogP contribution >= 0.6 is 0 Å². The number of benzene rings is 2. The van der Waals surface area contributed by atoms with Crippen molar-refractivity contribution < 1.29 is 13.7 Å². The molecule has 1 saturated heterocycles. The Bertz CT molecular complexity index is 847. The quantitative estimate of drug-likeness (QED) is 0.638. The lowest BCUT2D eigenvalue weighted by molar-refractivity contribution is 0.00578. The Morgan fingerprint density at radius 2 is 1.55 bits per heavy atom. The zero-order valence-corrected chi connectivity index (χ0v) is 13.3. The summed E-state index contributed by atoms with van der Waals surface area (Å²) in [4.78, 5) is 0. The number of hydrogen-bond donors (Lipinski definition) is 0. The first-order valence-corrected chi connectivity index (χ1v) is 7.63. The van der Waals surface area contributed by atoms with E-state index in [0.29, 0.717) is 0 Å². The molecule has 0 saturated carbocycles. The maximum absolute atomic E-state index is 6.13. The van der Waals surface area contributed by atoms with Gasteiger partial charge in [0.25, 0.3) is 0 Å². The van der Waals surface area contributed by atoms with E-state index in [4.69, 9.17) is 13.7 Å². The average Bonchev–Trinajstić information content (AvgIpc) is 3.01. The normalized spacial score (nSPS) is 20.1. The average molecular weight is 294 g/mol. The van der Waals surface area contributed by atoms with Gasteiger partial charge in [0.1, 0.15) is 5.58 Å². The maximum atomic E-state index is 6.13. The molecule has 0 unspecified atom stereocenters. The van der Waals surface area contributed by atoms with E-state index in [1.54, 1.807) is 6.26 Å². The fraction of sp³-hybridized carbons (Fsp3) is 0.333. The van der Waals surface area contributed by atoms with Crippen LogP contribution < -0.4 is 5.46 Å². The van der Waals surface area contributed by atoms with Crippen molar-refractivity contribution in [3.63, 3.8) is 0 Å². The molecule has 0 bridgehead atoms. The van der Waals surface area contributed by atoms with E-state index < -0.39 is 0 Å². The van der Waals surface area contributed by atoms with Crippen LogP contribution in [0.5, 0.6) is 0 Å². The van der Waals surface area contributed by atoms with Crippen molar-refractivity contribution in [3.05, 3.63) is 42.7 Å². The molecule has 3 nitrogen and oxygen atoms in total. The van der Waals surface area contributed by atoms with Crippen molar-refractivity contribution in [2.75, 3.05) is 0 Å². The highest BCUT2D eigenvalue weighted by atomic mass is 16.7. The summed E-state index contributed by atoms with van der Waals surface area (Å²) in [7, 11) is -0.325. The zero-order chi connectivity index (χ0) is 15.5. The summed E-state index contributed by atoms with van der Waals surface area (Å²) >= 11 is 0. The molecule has 1 aliphatic heterocycles. The van der Waals surface area contributed by atoms with E-state index in [-0.39, 0.29) is 18.3 Å². The second-order valence-electron chi connectivity index (χ2n) is 6.97. The van der Waals surface area contributed by atoms with Gasteiger partial charge in [0.15, 0.2) is 0 Å². The zero-order valence-electron chi connectivity index (χ0n) is 13.3. The van der Waals surface area contributed by atoms with Crippen LogP contribution in [0.3, 0.4) is 0 Å². The molecule has 3 aromatic rings. The van der Waals surface area contributed by atoms with Gasteiger partial charge in [-0.2, -0.15) is 0 Å². The first kappa shape index (κ1) is 13.9. The molecule has 2 aromatic carbocycles. The van der Waals surface area contributed by atoms with Crippen molar-refractivity contribution >= 4 is 34.3 Å². The standard InChI is InChI=1S/C18H19BO3/c1-17(2)18(3,4)22-19(21-17)13-6-7-14-12(11-13)5-8-16-15(14)9-10-20-16/h5-11H,1-4H3. The van der Waals surface area contributed by atoms with Crippen LogP contribution in [-0.4, -0.2) is 18.3 Å². The number of fused-ring (bicyclic) bond motifs is 3. The smallest absolute Gasteiger partial charge is 0.464 e. The monoisotopic (exact) mass is 294 g/mol. The molecule has 1 fully saturated rings. The molecule has 1 aromatic heterocycles. The summed E-state index contributed by atoms with van der Waals surface area (Å²) in [5, 5.41) is 3.49. The topological polar surface area (TPSA) is 31.6 Å². The lowest BCUT2D eigenvalue weighted by atomic mass is 9.78. The molecule has 112 valence electrons. The third-order valence-corrected chi connectivity index (χ3v) is 5.00. The van der Waals surface area contributed by atoms with Crippen molar-refractivity contribution in [1.82, 2.24) is 0 Å². The molecule has 0 aliphatic carbocycles. The predicted molar refractivity (Wildman–Crippen MR) is 89.4 cm³/mol. The Hall–Kier alpha value is -1.78. The highest BCUT2D eigenvalue weighted by Gasteiger charge is 2.51. The minimum absolute atomic E-state index is 0.318. The fourth-order valence-electron chi connectivity index (χ4n) is 2.93. The Morgan fingerprint density at radius 1 is 0.818 bits per heavy atom. The second kappa shape index (κ2) is 4.37. The van der Waals surface area contributed by atoms with E-state index in [2.05, 4.69) is 52.0 Å². The molecule has 1 aliphatic rings. The first-order chi connectivity index (χ1) is 10.4. The minimum Gasteiger partial charge on any atom is -0.464 e. The van der Waals surface area contributed by atoms with Crippen LogP contribution in [0.1, 0.15) is 27.7 Å². The lowest BCUT2D eigenvalue weighted by Crippen LogP contribution is -2.41. The molecular weight excluding hydrogens is 275 g/mol. The molecule has 4 rings (SSSR count). The predicted octanol–water partition coefficient (Wildman–Crippen LogP) is 3.89. The third-order valence-electron chi connectivity index (χ3n) is 5.00. The second-order valence-corrected chi connectivity index (χ2v) is 6.97. The van der Waals surface area contributed by atoms with Crippen LogP contribution in [0, 0.1) is 0 Å². The minimum atomic E-state index is -0.325. The Kier molecular flexibility index (Phi) is 2.75. The molecule has 22 heavy (non-hydrogen) atoms. The van der Waals surface area contributed by atoms with E-state index in [0.717, 1.165) is 16.4 Å². The summed E-state index contributed by atoms with van der Waals surface area (Å²) < 4.78 is 17.7. The molecule has 0 radical (unpaired) electrons. The van der Waals surface area contributed by atoms with Gasteiger partial charge in [0.05, 0.1) is 17.5 Å². The van der Waals surface area contributed by atoms with Gasteiger partial charge in [0.2, 0.25) is 0 Å². The molecule has 2 heterocycles. The van der Waals surface area contributed by atoms with E-state index in [1.165, 1.54) is 10.8 Å². The number of rotatable bonds is 1. The van der Waals surface area contributed by atoms with Gasteiger partial charge in [-0.05, 0) is 56.1 Å². The number of hydrogen-bond acceptors (Lipinski definition) is 3. The van der Waals surface area contributed by atoms with Crippen LogP contribution in [-0.2, 0) is 9.31 Å². The van der Waals surface area contributed by atoms with Gasteiger partial charge in [-0.15, -0.1) is 0 Å². The van der Waals surface area contributed by atoms with E-state index >= 15 is 0 Å². The largest absolute Gasteiger partial charge is 0.494 e. The van der Waals surface area contributed by atoms with Crippen molar-refractivity contribution in [2.24, 2.45) is 0 Å². The number of furan rings is 1. The van der Waals surface area contributed by atoms with Crippen molar-refractivity contribution in [2.45, 2.75) is 38.9 Å². The maximum Gasteiger partial charge on any atom is 0.494 e. The van der Waals surface area contributed by atoms with Crippen LogP contribution in [0.4, 0.5) is 0 Å². The van der Waals surface area contributed by atoms with Crippen molar-refractivity contribution in [3.8, 4) is 0 Å². The highest BCUT2D eigenvalue weighted by molar-refractivity contribution is 6.62. The van der Waals surface area contributed by atoms with Crippen molar-refractivity contribution in [1.29, 1.82) is 0 Å². The van der Waals surface area contributed by atoms with Crippen LogP contribution in [0.2, 0.25) is 0 Å². The lowest BCUT2D eigenvalue weighted by Gasteiger charge is -2.32. The van der Waals surface area contributed by atoms with Gasteiger partial charge in [-0.25, -0.2) is 0 Å². The summed E-state index contributed by atoms with van der Waals surface area (Å²) in [6.45, 7) is 8.29. The van der Waals surface area contributed by atoms with Gasteiger partial charge >= 0.3 is 7.12 Å². The van der Waals surface area contributed by atoms with Crippen LogP contribution in [0.15, 0.2) is 47.1 Å². The third kappa shape index (κ3) is 1.91. The first-order valence-electron chi connectivity index (χ1n) is 7.63.